The van der Waals surface area contributed by atoms with Crippen LogP contribution in [0.5, 0.6) is 0 Å². The van der Waals surface area contributed by atoms with Crippen LogP contribution in [0, 0.1) is 122 Å². The van der Waals surface area contributed by atoms with Crippen molar-refractivity contribution in [1.29, 1.82) is 0 Å². The van der Waals surface area contributed by atoms with Crippen LogP contribution in [0.1, 0.15) is 13.8 Å². The van der Waals surface area contributed by atoms with E-state index in [0.29, 0.717) is 12.1 Å². The van der Waals surface area contributed by atoms with Crippen LogP contribution in [0.25, 0.3) is 10.9 Å². The molecule has 0 amide bonds. The smallest absolute Gasteiger partial charge is 0.345 e. The van der Waals surface area contributed by atoms with Gasteiger partial charge in [0, 0.05) is 23.1 Å². The van der Waals surface area contributed by atoms with Gasteiger partial charge in [0.1, 0.15) is 52.7 Å². The lowest BCUT2D eigenvalue weighted by molar-refractivity contribution is -0.663. The van der Waals surface area contributed by atoms with Gasteiger partial charge in [-0.05, 0) is 18.1 Å². The SMILES string of the molecule is COC(=O)C(C(=O)OC)=C(C[n+]1cccc2ccccc21)C(C)C.Fc1c(F)c(F)c([B-](c2c(F)c(F)c(F)c(F)c2F)(c2c(F)c(F)c(F)c(F)c2F)c2c(F)c(F)c(F)c(F)c2F)c(F)c1F. The second kappa shape index (κ2) is 19.8. The largest absolute Gasteiger partial charge is 0.465 e. The topological polar surface area (TPSA) is 56.5 Å². The normalized spacial score (nSPS) is 11.5. The zero-order valence-corrected chi connectivity index (χ0v) is 34.5. The molecule has 0 spiro atoms. The molecule has 0 aliphatic heterocycles. The zero-order chi connectivity index (χ0) is 52.0. The summed E-state index contributed by atoms with van der Waals surface area (Å²) in [6.07, 6.45) is -5.29. The fourth-order valence-electron chi connectivity index (χ4n) is 7.52. The molecular formula is C43H22BF20NO4. The van der Waals surface area contributed by atoms with Crippen molar-refractivity contribution in [1.82, 2.24) is 0 Å². The quantitative estimate of drug-likeness (QED) is 0.0169. The Morgan fingerprint density at radius 1 is 0.435 bits per heavy atom. The molecule has 366 valence electrons. The summed E-state index contributed by atoms with van der Waals surface area (Å²) in [6, 6.07) is 11.9. The highest BCUT2D eigenvalue weighted by Gasteiger charge is 2.52. The Hall–Kier alpha value is -7.15. The number of methoxy groups -OCH3 is 2. The standard InChI is InChI=1S/C24BF20.C19H22NO4/c26-5-1(6(27)14(35)21(42)13(5)34)25(2-7(28)15(36)22(43)16(37)8(2)29,3-9(30)17(38)23(44)18(39)10(3)31)4-11(32)19(40)24(45)20(41)12(4)33;1-13(2)15(17(18(21)23-3)19(22)24-4)12-20-11-7-9-14-8-5-6-10-16(14)20/h;5-11,13H,12H2,1-4H3/q-1;+1. The van der Waals surface area contributed by atoms with Gasteiger partial charge in [0.15, 0.2) is 88.1 Å². The summed E-state index contributed by atoms with van der Waals surface area (Å²) in [6.45, 7) is 4.28. The van der Waals surface area contributed by atoms with Crippen molar-refractivity contribution < 1.29 is 111 Å². The molecule has 0 saturated carbocycles. The minimum Gasteiger partial charge on any atom is -0.465 e. The number of carbonyl (C=O) groups is 2. The first-order chi connectivity index (χ1) is 32.2. The van der Waals surface area contributed by atoms with E-state index in [2.05, 4.69) is 0 Å². The maximum absolute atomic E-state index is 15.4. The fourth-order valence-corrected chi connectivity index (χ4v) is 7.52. The first-order valence-corrected chi connectivity index (χ1v) is 18.7. The molecule has 1 aromatic heterocycles. The van der Waals surface area contributed by atoms with Crippen LogP contribution in [0.2, 0.25) is 0 Å². The van der Waals surface area contributed by atoms with Gasteiger partial charge in [-0.1, -0.05) is 26.0 Å². The lowest BCUT2D eigenvalue weighted by Gasteiger charge is -2.44. The minimum atomic E-state index is -7.22. The van der Waals surface area contributed by atoms with E-state index in [1.165, 1.54) is 14.2 Å². The third-order valence-electron chi connectivity index (χ3n) is 10.6. The second-order valence-electron chi connectivity index (χ2n) is 14.5. The van der Waals surface area contributed by atoms with Gasteiger partial charge in [0.25, 0.3) is 0 Å². The summed E-state index contributed by atoms with van der Waals surface area (Å²) in [4.78, 5) is 24.2. The van der Waals surface area contributed by atoms with E-state index >= 15 is 35.1 Å². The van der Waals surface area contributed by atoms with Gasteiger partial charge in [-0.25, -0.2) is 97.4 Å². The van der Waals surface area contributed by atoms with Crippen molar-refractivity contribution in [2.45, 2.75) is 20.4 Å². The Bertz CT molecular complexity index is 2740. The van der Waals surface area contributed by atoms with Crippen molar-refractivity contribution in [3.63, 3.8) is 0 Å². The van der Waals surface area contributed by atoms with E-state index in [1.54, 1.807) is 0 Å². The number of carbonyl (C=O) groups excluding carboxylic acids is 2. The van der Waals surface area contributed by atoms with Crippen molar-refractivity contribution in [2.24, 2.45) is 5.92 Å². The Morgan fingerprint density at radius 3 is 0.971 bits per heavy atom. The van der Waals surface area contributed by atoms with Crippen molar-refractivity contribution in [3.05, 3.63) is 170 Å². The van der Waals surface area contributed by atoms with Gasteiger partial charge < -0.3 is 9.47 Å². The van der Waals surface area contributed by atoms with E-state index in [-0.39, 0.29) is 11.5 Å². The van der Waals surface area contributed by atoms with Crippen LogP contribution in [-0.4, -0.2) is 32.3 Å². The number of nitrogens with zero attached hydrogens (tertiary/aromatic N) is 1. The number of esters is 2. The number of pyridine rings is 1. The average molecular weight is 1010 g/mol. The molecule has 6 rings (SSSR count). The maximum atomic E-state index is 15.4. The predicted molar refractivity (Wildman–Crippen MR) is 199 cm³/mol. The van der Waals surface area contributed by atoms with Crippen molar-refractivity contribution in [3.8, 4) is 0 Å². The average Bonchev–Trinajstić information content (AvgIpc) is 3.33. The number of rotatable bonds is 9. The predicted octanol–water partition coefficient (Wildman–Crippen LogP) is 8.27. The van der Waals surface area contributed by atoms with Crippen molar-refractivity contribution >= 4 is 50.8 Å². The lowest BCUT2D eigenvalue weighted by atomic mass is 9.12. The third kappa shape index (κ3) is 8.46. The Labute approximate surface area is 372 Å². The van der Waals surface area contributed by atoms with E-state index in [1.807, 2.05) is 61.0 Å². The number of hydrogen-bond acceptors (Lipinski definition) is 4. The second-order valence-corrected chi connectivity index (χ2v) is 14.5. The van der Waals surface area contributed by atoms with Gasteiger partial charge in [-0.3, -0.25) is 0 Å². The van der Waals surface area contributed by atoms with Crippen LogP contribution in [0.4, 0.5) is 87.8 Å². The third-order valence-corrected chi connectivity index (χ3v) is 10.6. The molecule has 5 nitrogen and oxygen atoms in total. The number of ether oxygens (including phenoxy) is 2. The minimum absolute atomic E-state index is 0.0235. The molecule has 0 radical (unpaired) electrons. The fraction of sp³-hybridized carbons (Fsp3) is 0.140. The van der Waals surface area contributed by atoms with Gasteiger partial charge in [-0.2, -0.15) is 4.57 Å². The van der Waals surface area contributed by atoms with Crippen LogP contribution in [-0.2, 0) is 25.6 Å². The van der Waals surface area contributed by atoms with E-state index in [4.69, 9.17) is 9.47 Å². The van der Waals surface area contributed by atoms with Gasteiger partial charge in [0.2, 0.25) is 5.52 Å². The maximum Gasteiger partial charge on any atom is 0.345 e. The summed E-state index contributed by atoms with van der Waals surface area (Å²) in [5, 5.41) is 1.08. The highest BCUT2D eigenvalue weighted by molar-refractivity contribution is 7.20. The van der Waals surface area contributed by atoms with Gasteiger partial charge >= 0.3 is 11.9 Å². The molecule has 0 atom stereocenters. The monoisotopic (exact) mass is 1010 g/mol. The van der Waals surface area contributed by atoms with Gasteiger partial charge in [-0.15, -0.1) is 21.9 Å². The van der Waals surface area contributed by atoms with E-state index in [0.717, 1.165) is 10.9 Å². The molecule has 0 aliphatic carbocycles. The summed E-state index contributed by atoms with van der Waals surface area (Å²) in [7, 11) is 2.52. The van der Waals surface area contributed by atoms with Crippen LogP contribution < -0.4 is 26.4 Å². The number of benzene rings is 5. The van der Waals surface area contributed by atoms with E-state index < -0.39 is 156 Å². The highest BCUT2D eigenvalue weighted by atomic mass is 19.2. The summed E-state index contributed by atoms with van der Waals surface area (Å²) < 4.78 is 306. The number of halogens is 20. The zero-order valence-electron chi connectivity index (χ0n) is 34.5. The number of para-hydroxylation sites is 1. The van der Waals surface area contributed by atoms with Crippen LogP contribution in [0.15, 0.2) is 53.7 Å². The summed E-state index contributed by atoms with van der Waals surface area (Å²) in [5.74, 6) is -72.8. The molecule has 0 bridgehead atoms. The molecule has 0 fully saturated rings. The summed E-state index contributed by atoms with van der Waals surface area (Å²) >= 11 is 0. The number of aromatic nitrogens is 1. The molecule has 0 N–H and O–H groups in total. The first-order valence-electron chi connectivity index (χ1n) is 18.7. The Balaban J connectivity index is 0.000000311. The molecule has 5 aromatic carbocycles. The molecular weight excluding hydrogens is 985 g/mol. The molecule has 0 saturated heterocycles. The van der Waals surface area contributed by atoms with E-state index in [9.17, 15) is 62.3 Å². The highest BCUT2D eigenvalue weighted by Crippen LogP contribution is 2.31. The van der Waals surface area contributed by atoms with Crippen LogP contribution >= 0.6 is 0 Å². The number of allylic oxidation sites excluding steroid dienone is 1. The van der Waals surface area contributed by atoms with Crippen LogP contribution in [0.3, 0.4) is 0 Å². The first kappa shape index (κ1) is 52.8. The Morgan fingerprint density at radius 2 is 0.696 bits per heavy atom. The van der Waals surface area contributed by atoms with Crippen molar-refractivity contribution in [2.75, 3.05) is 14.2 Å². The molecule has 0 unspecified atom stereocenters. The summed E-state index contributed by atoms with van der Waals surface area (Å²) in [5.41, 5.74) is -12.7. The van der Waals surface area contributed by atoms with Gasteiger partial charge in [0.05, 0.1) is 14.2 Å². The number of hydrogen-bond donors (Lipinski definition) is 0. The lowest BCUT2D eigenvalue weighted by Crippen LogP contribution is -2.81. The molecule has 1 heterocycles. The molecule has 6 aromatic rings. The molecule has 69 heavy (non-hydrogen) atoms. The molecule has 0 aliphatic rings. The Kier molecular flexibility index (Phi) is 15.2. The molecule has 26 heteroatoms. The number of fused-ring (bicyclic) bond motifs is 1.